The van der Waals surface area contributed by atoms with Gasteiger partial charge in [-0.05, 0) is 19.4 Å². The molecule has 1 N–H and O–H groups in total. The molecule has 2 rings (SSSR count). The molecule has 2 saturated heterocycles. The van der Waals surface area contributed by atoms with Gasteiger partial charge in [0.25, 0.3) is 0 Å². The van der Waals surface area contributed by atoms with Gasteiger partial charge in [0.1, 0.15) is 0 Å². The summed E-state index contributed by atoms with van der Waals surface area (Å²) >= 11 is 2.07. The molecule has 0 radical (unpaired) electrons. The van der Waals surface area contributed by atoms with Gasteiger partial charge in [-0.3, -0.25) is 0 Å². The molecule has 2 nitrogen and oxygen atoms in total. The van der Waals surface area contributed by atoms with Crippen molar-refractivity contribution in [2.24, 2.45) is 0 Å². The Balaban J connectivity index is 1.57. The zero-order chi connectivity index (χ0) is 7.52. The van der Waals surface area contributed by atoms with E-state index >= 15 is 0 Å². The van der Waals surface area contributed by atoms with E-state index in [4.69, 9.17) is 4.74 Å². The fourth-order valence-electron chi connectivity index (χ4n) is 1.46. The smallest absolute Gasteiger partial charge is 0.0607 e. The number of hydrogen-bond donors (Lipinski definition) is 1. The lowest BCUT2D eigenvalue weighted by Crippen LogP contribution is -2.33. The van der Waals surface area contributed by atoms with Gasteiger partial charge in [0.05, 0.1) is 18.5 Å². The number of hydrogen-bond acceptors (Lipinski definition) is 3. The third kappa shape index (κ3) is 2.10. The van der Waals surface area contributed by atoms with Crippen molar-refractivity contribution in [3.05, 3.63) is 0 Å². The standard InChI is InChI=1S/C8H15NOS/c1-2-7(9-3-1)6-11-8-4-10-5-8/h7-9H,1-6H2/t7-/m1/s1. The highest BCUT2D eigenvalue weighted by molar-refractivity contribution is 8.00. The normalized spacial score (nSPS) is 32.2. The van der Waals surface area contributed by atoms with Crippen LogP contribution in [0.25, 0.3) is 0 Å². The molecule has 2 aliphatic heterocycles. The average molecular weight is 173 g/mol. The Kier molecular flexibility index (Phi) is 2.72. The maximum Gasteiger partial charge on any atom is 0.0607 e. The Morgan fingerprint density at radius 1 is 1.45 bits per heavy atom. The molecule has 0 aromatic heterocycles. The third-order valence-corrected chi connectivity index (χ3v) is 3.64. The monoisotopic (exact) mass is 173 g/mol. The highest BCUT2D eigenvalue weighted by Crippen LogP contribution is 2.21. The second-order valence-corrected chi connectivity index (χ2v) is 4.62. The number of rotatable bonds is 3. The molecule has 1 atom stereocenters. The minimum atomic E-state index is 0.792. The zero-order valence-electron chi connectivity index (χ0n) is 6.71. The second kappa shape index (κ2) is 3.78. The molecule has 11 heavy (non-hydrogen) atoms. The van der Waals surface area contributed by atoms with E-state index in [0.29, 0.717) is 0 Å². The van der Waals surface area contributed by atoms with E-state index in [0.717, 1.165) is 24.5 Å². The summed E-state index contributed by atoms with van der Waals surface area (Å²) < 4.78 is 5.11. The number of ether oxygens (including phenoxy) is 1. The van der Waals surface area contributed by atoms with Crippen molar-refractivity contribution in [1.29, 1.82) is 0 Å². The van der Waals surface area contributed by atoms with Gasteiger partial charge in [-0.15, -0.1) is 0 Å². The van der Waals surface area contributed by atoms with E-state index in [9.17, 15) is 0 Å². The van der Waals surface area contributed by atoms with E-state index in [1.165, 1.54) is 25.1 Å². The molecule has 0 saturated carbocycles. The van der Waals surface area contributed by atoms with Crippen molar-refractivity contribution >= 4 is 11.8 Å². The molecule has 2 aliphatic rings. The van der Waals surface area contributed by atoms with Gasteiger partial charge in [-0.2, -0.15) is 11.8 Å². The molecule has 0 bridgehead atoms. The summed E-state index contributed by atoms with van der Waals surface area (Å²) in [6, 6.07) is 0.792. The summed E-state index contributed by atoms with van der Waals surface area (Å²) in [5.74, 6) is 1.29. The Morgan fingerprint density at radius 3 is 2.91 bits per heavy atom. The van der Waals surface area contributed by atoms with Crippen LogP contribution in [-0.4, -0.2) is 36.8 Å². The van der Waals surface area contributed by atoms with Crippen LogP contribution < -0.4 is 5.32 Å². The van der Waals surface area contributed by atoms with E-state index in [-0.39, 0.29) is 0 Å². The third-order valence-electron chi connectivity index (χ3n) is 2.30. The van der Waals surface area contributed by atoms with E-state index in [1.807, 2.05) is 0 Å². The first kappa shape index (κ1) is 7.90. The van der Waals surface area contributed by atoms with Crippen LogP contribution in [0.2, 0.25) is 0 Å². The van der Waals surface area contributed by atoms with E-state index in [1.54, 1.807) is 0 Å². The molecule has 0 spiro atoms. The molecule has 2 fully saturated rings. The Morgan fingerprint density at radius 2 is 2.36 bits per heavy atom. The molecule has 64 valence electrons. The maximum atomic E-state index is 5.11. The topological polar surface area (TPSA) is 21.3 Å². The van der Waals surface area contributed by atoms with Gasteiger partial charge in [0.15, 0.2) is 0 Å². The summed E-state index contributed by atoms with van der Waals surface area (Å²) in [7, 11) is 0. The predicted octanol–water partition coefficient (Wildman–Crippen LogP) is 0.870. The fourth-order valence-corrected chi connectivity index (χ4v) is 2.64. The largest absolute Gasteiger partial charge is 0.379 e. The lowest BCUT2D eigenvalue weighted by atomic mass is 10.3. The van der Waals surface area contributed by atoms with E-state index in [2.05, 4.69) is 17.1 Å². The Labute approximate surface area is 72.1 Å². The van der Waals surface area contributed by atoms with Crippen molar-refractivity contribution in [3.8, 4) is 0 Å². The molecular formula is C8H15NOS. The van der Waals surface area contributed by atoms with Gasteiger partial charge in [0.2, 0.25) is 0 Å². The summed E-state index contributed by atoms with van der Waals surface area (Å²) in [5, 5.41) is 4.30. The quantitative estimate of drug-likeness (QED) is 0.684. The van der Waals surface area contributed by atoms with Crippen LogP contribution in [0.15, 0.2) is 0 Å². The first-order valence-corrected chi connectivity index (χ1v) is 5.43. The lowest BCUT2D eigenvalue weighted by molar-refractivity contribution is 0.0455. The van der Waals surface area contributed by atoms with Crippen LogP contribution in [-0.2, 0) is 4.74 Å². The van der Waals surface area contributed by atoms with Crippen LogP contribution in [0.5, 0.6) is 0 Å². The Hall–Kier alpha value is 0.270. The molecular weight excluding hydrogens is 158 g/mol. The highest BCUT2D eigenvalue weighted by atomic mass is 32.2. The summed E-state index contributed by atoms with van der Waals surface area (Å²) in [4.78, 5) is 0. The molecule has 2 heterocycles. The minimum absolute atomic E-state index is 0.792. The van der Waals surface area contributed by atoms with Gasteiger partial charge >= 0.3 is 0 Å². The second-order valence-electron chi connectivity index (χ2n) is 3.29. The van der Waals surface area contributed by atoms with Crippen LogP contribution in [0.4, 0.5) is 0 Å². The van der Waals surface area contributed by atoms with Gasteiger partial charge in [-0.25, -0.2) is 0 Å². The van der Waals surface area contributed by atoms with Crippen molar-refractivity contribution in [2.75, 3.05) is 25.5 Å². The summed E-state index contributed by atoms with van der Waals surface area (Å²) in [6.07, 6.45) is 2.74. The van der Waals surface area contributed by atoms with Crippen LogP contribution in [0.3, 0.4) is 0 Å². The predicted molar refractivity (Wildman–Crippen MR) is 48.1 cm³/mol. The molecule has 0 aromatic rings. The average Bonchev–Trinajstić information content (AvgIpc) is 2.36. The van der Waals surface area contributed by atoms with Crippen LogP contribution >= 0.6 is 11.8 Å². The van der Waals surface area contributed by atoms with Crippen LogP contribution in [0, 0.1) is 0 Å². The SMILES string of the molecule is C1CN[C@@H](CSC2COC2)C1. The number of nitrogens with one attached hydrogen (secondary N) is 1. The Bertz CT molecular complexity index is 121. The van der Waals surface area contributed by atoms with Crippen LogP contribution in [0.1, 0.15) is 12.8 Å². The highest BCUT2D eigenvalue weighted by Gasteiger charge is 2.21. The lowest BCUT2D eigenvalue weighted by Gasteiger charge is -2.26. The fraction of sp³-hybridized carbons (Fsp3) is 1.00. The van der Waals surface area contributed by atoms with Crippen molar-refractivity contribution in [1.82, 2.24) is 5.32 Å². The van der Waals surface area contributed by atoms with Crippen molar-refractivity contribution in [2.45, 2.75) is 24.1 Å². The first-order valence-electron chi connectivity index (χ1n) is 4.38. The van der Waals surface area contributed by atoms with E-state index < -0.39 is 0 Å². The minimum Gasteiger partial charge on any atom is -0.379 e. The molecule has 0 amide bonds. The molecule has 0 unspecified atom stereocenters. The van der Waals surface area contributed by atoms with Gasteiger partial charge in [-0.1, -0.05) is 0 Å². The van der Waals surface area contributed by atoms with Gasteiger partial charge in [0, 0.05) is 11.8 Å². The maximum absolute atomic E-state index is 5.11. The molecule has 3 heteroatoms. The molecule has 0 aliphatic carbocycles. The first-order chi connectivity index (χ1) is 5.45. The van der Waals surface area contributed by atoms with Gasteiger partial charge < -0.3 is 10.1 Å². The summed E-state index contributed by atoms with van der Waals surface area (Å²) in [6.45, 7) is 3.20. The van der Waals surface area contributed by atoms with Crippen molar-refractivity contribution in [3.63, 3.8) is 0 Å². The summed E-state index contributed by atoms with van der Waals surface area (Å²) in [5.41, 5.74) is 0. The van der Waals surface area contributed by atoms with Crippen molar-refractivity contribution < 1.29 is 4.74 Å². The number of thioether (sulfide) groups is 1. The molecule has 0 aromatic carbocycles. The zero-order valence-corrected chi connectivity index (χ0v) is 7.53.